The van der Waals surface area contributed by atoms with Gasteiger partial charge in [0.15, 0.2) is 0 Å². The SMILES string of the molecule is CCOc1ccccc1NC(=O)C(C)Cn1cc([N+](=O)[O-])cn1. The molecule has 0 spiro atoms. The van der Waals surface area contributed by atoms with E-state index in [0.29, 0.717) is 18.0 Å². The summed E-state index contributed by atoms with van der Waals surface area (Å²) in [7, 11) is 0. The first-order valence-electron chi connectivity index (χ1n) is 7.20. The minimum Gasteiger partial charge on any atom is -0.492 e. The highest BCUT2D eigenvalue weighted by molar-refractivity contribution is 5.93. The maximum absolute atomic E-state index is 12.3. The highest BCUT2D eigenvalue weighted by atomic mass is 16.6. The van der Waals surface area contributed by atoms with Crippen LogP contribution in [0.25, 0.3) is 0 Å². The summed E-state index contributed by atoms with van der Waals surface area (Å²) in [6, 6.07) is 7.17. The van der Waals surface area contributed by atoms with E-state index in [0.717, 1.165) is 6.20 Å². The molecule has 1 aromatic carbocycles. The number of carbonyl (C=O) groups is 1. The van der Waals surface area contributed by atoms with Crippen LogP contribution in [0.5, 0.6) is 5.75 Å². The van der Waals surface area contributed by atoms with Gasteiger partial charge in [0.2, 0.25) is 5.91 Å². The lowest BCUT2D eigenvalue weighted by atomic mass is 10.1. The van der Waals surface area contributed by atoms with Crippen molar-refractivity contribution in [1.82, 2.24) is 9.78 Å². The summed E-state index contributed by atoms with van der Waals surface area (Å²) in [5.41, 5.74) is 0.497. The Morgan fingerprint density at radius 3 is 2.87 bits per heavy atom. The number of carbonyl (C=O) groups excluding carboxylic acids is 1. The number of nitro groups is 1. The van der Waals surface area contributed by atoms with Crippen molar-refractivity contribution in [2.45, 2.75) is 20.4 Å². The standard InChI is InChI=1S/C15H18N4O4/c1-3-23-14-7-5-4-6-13(14)17-15(20)11(2)9-18-10-12(8-16-18)19(21)22/h4-8,10-11H,3,9H2,1-2H3,(H,17,20). The molecule has 1 atom stereocenters. The number of rotatable bonds is 7. The number of hydrogen-bond donors (Lipinski definition) is 1. The van der Waals surface area contributed by atoms with Crippen LogP contribution in [-0.4, -0.2) is 27.2 Å². The molecule has 0 saturated heterocycles. The average molecular weight is 318 g/mol. The van der Waals surface area contributed by atoms with E-state index in [1.54, 1.807) is 25.1 Å². The molecule has 2 rings (SSSR count). The van der Waals surface area contributed by atoms with Gasteiger partial charge in [-0.25, -0.2) is 0 Å². The van der Waals surface area contributed by atoms with E-state index in [-0.39, 0.29) is 18.1 Å². The van der Waals surface area contributed by atoms with Gasteiger partial charge in [0.1, 0.15) is 18.1 Å². The van der Waals surface area contributed by atoms with Crippen LogP contribution in [0.15, 0.2) is 36.7 Å². The van der Waals surface area contributed by atoms with E-state index >= 15 is 0 Å². The molecular formula is C15H18N4O4. The van der Waals surface area contributed by atoms with Crippen molar-refractivity contribution in [3.8, 4) is 5.75 Å². The van der Waals surface area contributed by atoms with Gasteiger partial charge in [0.05, 0.1) is 29.7 Å². The first-order chi connectivity index (χ1) is 11.0. The summed E-state index contributed by atoms with van der Waals surface area (Å²) in [6.45, 7) is 4.34. The van der Waals surface area contributed by atoms with Crippen molar-refractivity contribution < 1.29 is 14.5 Å². The maximum atomic E-state index is 12.3. The molecule has 0 aliphatic heterocycles. The smallest absolute Gasteiger partial charge is 0.306 e. The number of para-hydroxylation sites is 2. The number of aromatic nitrogens is 2. The summed E-state index contributed by atoms with van der Waals surface area (Å²) in [5.74, 6) is -0.0234. The summed E-state index contributed by atoms with van der Waals surface area (Å²) in [5, 5.41) is 17.3. The quantitative estimate of drug-likeness (QED) is 0.624. The molecule has 1 amide bonds. The van der Waals surface area contributed by atoms with Gasteiger partial charge in [0.25, 0.3) is 0 Å². The number of anilines is 1. The number of nitrogens with one attached hydrogen (secondary N) is 1. The molecule has 2 aromatic rings. The fourth-order valence-electron chi connectivity index (χ4n) is 2.02. The number of benzene rings is 1. The fourth-order valence-corrected chi connectivity index (χ4v) is 2.02. The molecule has 0 radical (unpaired) electrons. The largest absolute Gasteiger partial charge is 0.492 e. The summed E-state index contributed by atoms with van der Waals surface area (Å²) >= 11 is 0. The second kappa shape index (κ2) is 7.39. The maximum Gasteiger partial charge on any atom is 0.306 e. The van der Waals surface area contributed by atoms with E-state index in [1.807, 2.05) is 13.0 Å². The average Bonchev–Trinajstić information content (AvgIpc) is 2.98. The molecule has 0 aliphatic carbocycles. The van der Waals surface area contributed by atoms with Gasteiger partial charge in [-0.05, 0) is 19.1 Å². The first kappa shape index (κ1) is 16.5. The van der Waals surface area contributed by atoms with Gasteiger partial charge in [-0.3, -0.25) is 19.6 Å². The van der Waals surface area contributed by atoms with Crippen LogP contribution in [0, 0.1) is 16.0 Å². The second-order valence-electron chi connectivity index (χ2n) is 5.00. The molecule has 0 fully saturated rings. The Balaban J connectivity index is 2.01. The molecule has 0 saturated carbocycles. The molecule has 1 aromatic heterocycles. The van der Waals surface area contributed by atoms with Crippen LogP contribution < -0.4 is 10.1 Å². The summed E-state index contributed by atoms with van der Waals surface area (Å²) < 4.78 is 6.84. The third-order valence-corrected chi connectivity index (χ3v) is 3.18. The Morgan fingerprint density at radius 2 is 2.22 bits per heavy atom. The van der Waals surface area contributed by atoms with Crippen LogP contribution in [0.3, 0.4) is 0 Å². The Labute approximate surface area is 133 Å². The molecule has 23 heavy (non-hydrogen) atoms. The van der Waals surface area contributed by atoms with Crippen LogP contribution >= 0.6 is 0 Å². The minimum absolute atomic E-state index is 0.0979. The highest BCUT2D eigenvalue weighted by Crippen LogP contribution is 2.24. The number of nitrogens with zero attached hydrogens (tertiary/aromatic N) is 3. The molecule has 1 unspecified atom stereocenters. The third-order valence-electron chi connectivity index (χ3n) is 3.18. The Morgan fingerprint density at radius 1 is 1.48 bits per heavy atom. The predicted octanol–water partition coefficient (Wildman–Crippen LogP) is 2.46. The van der Waals surface area contributed by atoms with Crippen LogP contribution in [0.4, 0.5) is 11.4 Å². The van der Waals surface area contributed by atoms with Crippen molar-refractivity contribution in [3.63, 3.8) is 0 Å². The molecule has 0 bridgehead atoms. The third kappa shape index (κ3) is 4.29. The molecule has 0 aliphatic rings. The number of hydrogen-bond acceptors (Lipinski definition) is 5. The van der Waals surface area contributed by atoms with E-state index < -0.39 is 10.8 Å². The highest BCUT2D eigenvalue weighted by Gasteiger charge is 2.17. The van der Waals surface area contributed by atoms with Crippen molar-refractivity contribution >= 4 is 17.3 Å². The van der Waals surface area contributed by atoms with E-state index in [9.17, 15) is 14.9 Å². The van der Waals surface area contributed by atoms with Crippen molar-refractivity contribution in [3.05, 3.63) is 46.8 Å². The lowest BCUT2D eigenvalue weighted by Crippen LogP contribution is -2.24. The Hall–Kier alpha value is -2.90. The van der Waals surface area contributed by atoms with Crippen molar-refractivity contribution in [2.75, 3.05) is 11.9 Å². The van der Waals surface area contributed by atoms with E-state index in [4.69, 9.17) is 4.74 Å². The Kier molecular flexibility index (Phi) is 5.29. The van der Waals surface area contributed by atoms with Gasteiger partial charge >= 0.3 is 5.69 Å². The van der Waals surface area contributed by atoms with E-state index in [2.05, 4.69) is 10.4 Å². The lowest BCUT2D eigenvalue weighted by molar-refractivity contribution is -0.385. The van der Waals surface area contributed by atoms with Gasteiger partial charge in [-0.15, -0.1) is 0 Å². The van der Waals surface area contributed by atoms with Gasteiger partial charge in [-0.1, -0.05) is 19.1 Å². The summed E-state index contributed by atoms with van der Waals surface area (Å²) in [4.78, 5) is 22.4. The van der Waals surface area contributed by atoms with Crippen LogP contribution in [0.1, 0.15) is 13.8 Å². The molecule has 1 heterocycles. The topological polar surface area (TPSA) is 99.3 Å². The zero-order valence-electron chi connectivity index (χ0n) is 12.9. The number of ether oxygens (including phenoxy) is 1. The van der Waals surface area contributed by atoms with Crippen LogP contribution in [0.2, 0.25) is 0 Å². The predicted molar refractivity (Wildman–Crippen MR) is 84.3 cm³/mol. The Bertz CT molecular complexity index is 698. The van der Waals surface area contributed by atoms with Gasteiger partial charge in [0, 0.05) is 0 Å². The lowest BCUT2D eigenvalue weighted by Gasteiger charge is -2.14. The number of amides is 1. The molecule has 8 nitrogen and oxygen atoms in total. The zero-order valence-corrected chi connectivity index (χ0v) is 12.9. The van der Waals surface area contributed by atoms with Crippen molar-refractivity contribution in [1.29, 1.82) is 0 Å². The summed E-state index contributed by atoms with van der Waals surface area (Å²) in [6.07, 6.45) is 2.47. The molecule has 122 valence electrons. The van der Waals surface area contributed by atoms with E-state index in [1.165, 1.54) is 10.9 Å². The second-order valence-corrected chi connectivity index (χ2v) is 5.00. The monoisotopic (exact) mass is 318 g/mol. The van der Waals surface area contributed by atoms with Gasteiger partial charge in [-0.2, -0.15) is 5.10 Å². The van der Waals surface area contributed by atoms with Gasteiger partial charge < -0.3 is 10.1 Å². The normalized spacial score (nSPS) is 11.7. The molecule has 1 N–H and O–H groups in total. The zero-order chi connectivity index (χ0) is 16.8. The molecular weight excluding hydrogens is 300 g/mol. The minimum atomic E-state index is -0.521. The van der Waals surface area contributed by atoms with Crippen molar-refractivity contribution in [2.24, 2.45) is 5.92 Å². The first-order valence-corrected chi connectivity index (χ1v) is 7.20. The van der Waals surface area contributed by atoms with Crippen LogP contribution in [-0.2, 0) is 11.3 Å². The molecule has 8 heteroatoms. The fraction of sp³-hybridized carbons (Fsp3) is 0.333.